The third kappa shape index (κ3) is 5.65. The van der Waals surface area contributed by atoms with Crippen LogP contribution < -0.4 is 10.1 Å². The van der Waals surface area contributed by atoms with Gasteiger partial charge in [-0.25, -0.2) is 4.98 Å². The second-order valence-electron chi connectivity index (χ2n) is 6.37. The van der Waals surface area contributed by atoms with Crippen molar-refractivity contribution in [2.45, 2.75) is 18.1 Å². The minimum absolute atomic E-state index is 0.0340. The van der Waals surface area contributed by atoms with E-state index in [1.165, 1.54) is 11.8 Å². The highest BCUT2D eigenvalue weighted by Crippen LogP contribution is 2.26. The lowest BCUT2D eigenvalue weighted by Crippen LogP contribution is -2.27. The van der Waals surface area contributed by atoms with Gasteiger partial charge < -0.3 is 19.4 Å². The summed E-state index contributed by atoms with van der Waals surface area (Å²) >= 11 is 7.50. The Balaban J connectivity index is 1.58. The maximum atomic E-state index is 12.3. The van der Waals surface area contributed by atoms with Crippen LogP contribution in [0.5, 0.6) is 5.75 Å². The van der Waals surface area contributed by atoms with E-state index in [9.17, 15) is 4.79 Å². The lowest BCUT2D eigenvalue weighted by molar-refractivity contribution is -0.118. The van der Waals surface area contributed by atoms with E-state index in [4.69, 9.17) is 21.1 Å². The summed E-state index contributed by atoms with van der Waals surface area (Å²) in [5.74, 6) is 1.09. The fraction of sp³-hybridized carbons (Fsp3) is 0.333. The third-order valence-corrected chi connectivity index (χ3v) is 5.65. The summed E-state index contributed by atoms with van der Waals surface area (Å²) in [6, 6.07) is 13.4. The number of methoxy groups -OCH3 is 2. The smallest absolute Gasteiger partial charge is 0.230 e. The Morgan fingerprint density at radius 1 is 1.24 bits per heavy atom. The second kappa shape index (κ2) is 10.5. The largest absolute Gasteiger partial charge is 0.496 e. The maximum Gasteiger partial charge on any atom is 0.230 e. The van der Waals surface area contributed by atoms with Crippen molar-refractivity contribution in [1.29, 1.82) is 0 Å². The van der Waals surface area contributed by atoms with Crippen molar-refractivity contribution in [1.82, 2.24) is 14.9 Å². The van der Waals surface area contributed by atoms with Crippen LogP contribution in [0.4, 0.5) is 0 Å². The molecular formula is C21H24ClN3O3S. The lowest BCUT2D eigenvalue weighted by Gasteiger charge is -2.10. The molecule has 0 atom stereocenters. The number of fused-ring (bicyclic) bond motifs is 1. The number of para-hydroxylation sites is 1. The number of aromatic nitrogens is 2. The van der Waals surface area contributed by atoms with E-state index in [1.54, 1.807) is 14.2 Å². The highest BCUT2D eigenvalue weighted by atomic mass is 35.5. The van der Waals surface area contributed by atoms with Gasteiger partial charge in [0.2, 0.25) is 5.91 Å². The Morgan fingerprint density at radius 2 is 2.07 bits per heavy atom. The Morgan fingerprint density at radius 3 is 2.86 bits per heavy atom. The first-order valence-corrected chi connectivity index (χ1v) is 10.6. The molecule has 0 bridgehead atoms. The molecule has 0 saturated carbocycles. The number of hydrogen-bond acceptors (Lipinski definition) is 5. The zero-order valence-electron chi connectivity index (χ0n) is 16.5. The van der Waals surface area contributed by atoms with Crippen LogP contribution in [-0.2, 0) is 22.5 Å². The van der Waals surface area contributed by atoms with Gasteiger partial charge in [0.1, 0.15) is 5.75 Å². The zero-order valence-corrected chi connectivity index (χ0v) is 18.1. The SMILES string of the molecule is COCCn1c(SCC(=O)NCCc2ccccc2OC)nc2cc(Cl)ccc21. The number of carbonyl (C=O) groups is 1. The van der Waals surface area contributed by atoms with Crippen LogP contribution in [0.2, 0.25) is 5.02 Å². The van der Waals surface area contributed by atoms with Gasteiger partial charge in [-0.1, -0.05) is 41.6 Å². The number of nitrogens with zero attached hydrogens (tertiary/aromatic N) is 2. The summed E-state index contributed by atoms with van der Waals surface area (Å²) in [4.78, 5) is 16.9. The number of carbonyl (C=O) groups excluding carboxylic acids is 1. The van der Waals surface area contributed by atoms with Gasteiger partial charge in [-0.15, -0.1) is 0 Å². The average Bonchev–Trinajstić information content (AvgIpc) is 3.07. The van der Waals surface area contributed by atoms with Crippen molar-refractivity contribution in [3.63, 3.8) is 0 Å². The molecule has 0 aliphatic rings. The number of hydrogen-bond donors (Lipinski definition) is 1. The molecule has 1 amide bonds. The average molecular weight is 434 g/mol. The minimum atomic E-state index is -0.0340. The molecule has 0 radical (unpaired) electrons. The summed E-state index contributed by atoms with van der Waals surface area (Å²) in [6.45, 7) is 1.77. The van der Waals surface area contributed by atoms with Gasteiger partial charge in [0.15, 0.2) is 5.16 Å². The summed E-state index contributed by atoms with van der Waals surface area (Å²) < 4.78 is 12.6. The maximum absolute atomic E-state index is 12.3. The molecule has 1 heterocycles. The molecule has 1 aromatic heterocycles. The molecule has 0 saturated heterocycles. The summed E-state index contributed by atoms with van der Waals surface area (Å²) in [5, 5.41) is 4.38. The van der Waals surface area contributed by atoms with Crippen molar-refractivity contribution in [3.8, 4) is 5.75 Å². The van der Waals surface area contributed by atoms with E-state index in [2.05, 4.69) is 14.9 Å². The van der Waals surface area contributed by atoms with Gasteiger partial charge in [0.25, 0.3) is 0 Å². The fourth-order valence-corrected chi connectivity index (χ4v) is 4.05. The van der Waals surface area contributed by atoms with Crippen LogP contribution in [0.25, 0.3) is 11.0 Å². The molecule has 3 aromatic rings. The van der Waals surface area contributed by atoms with Gasteiger partial charge in [-0.05, 0) is 36.2 Å². The van der Waals surface area contributed by atoms with Gasteiger partial charge in [-0.2, -0.15) is 0 Å². The summed E-state index contributed by atoms with van der Waals surface area (Å²) in [6.07, 6.45) is 0.714. The molecule has 8 heteroatoms. The minimum Gasteiger partial charge on any atom is -0.496 e. The molecule has 0 aliphatic carbocycles. The fourth-order valence-electron chi connectivity index (χ4n) is 3.02. The van der Waals surface area contributed by atoms with Crippen LogP contribution in [0, 0.1) is 0 Å². The Labute approximate surface area is 179 Å². The zero-order chi connectivity index (χ0) is 20.6. The van der Waals surface area contributed by atoms with Crippen LogP contribution in [0.1, 0.15) is 5.56 Å². The number of nitrogens with one attached hydrogen (secondary N) is 1. The molecular weight excluding hydrogens is 410 g/mol. The Hall–Kier alpha value is -2.22. The first-order chi connectivity index (χ1) is 14.1. The molecule has 0 fully saturated rings. The van der Waals surface area contributed by atoms with E-state index >= 15 is 0 Å². The Bertz CT molecular complexity index is 977. The Kier molecular flexibility index (Phi) is 7.80. The molecule has 0 unspecified atom stereocenters. The first kappa shape index (κ1) is 21.5. The molecule has 6 nitrogen and oxygen atoms in total. The van der Waals surface area contributed by atoms with Crippen molar-refractivity contribution in [2.75, 3.05) is 33.1 Å². The predicted octanol–water partition coefficient (Wildman–Crippen LogP) is 3.80. The van der Waals surface area contributed by atoms with Crippen molar-refractivity contribution < 1.29 is 14.3 Å². The van der Waals surface area contributed by atoms with E-state index in [0.717, 1.165) is 27.5 Å². The highest BCUT2D eigenvalue weighted by Gasteiger charge is 2.13. The van der Waals surface area contributed by atoms with Crippen molar-refractivity contribution >= 4 is 40.3 Å². The van der Waals surface area contributed by atoms with Gasteiger partial charge in [0, 0.05) is 25.2 Å². The molecule has 0 aliphatic heterocycles. The monoisotopic (exact) mass is 433 g/mol. The van der Waals surface area contributed by atoms with E-state index < -0.39 is 0 Å². The highest BCUT2D eigenvalue weighted by molar-refractivity contribution is 7.99. The number of rotatable bonds is 10. The number of amides is 1. The van der Waals surface area contributed by atoms with Crippen LogP contribution >= 0.6 is 23.4 Å². The van der Waals surface area contributed by atoms with Crippen molar-refractivity contribution in [2.24, 2.45) is 0 Å². The number of ether oxygens (including phenoxy) is 2. The standard InChI is InChI=1S/C21H24ClN3O3S/c1-27-12-11-25-18-8-7-16(22)13-17(18)24-21(25)29-14-20(26)23-10-9-15-5-3-4-6-19(15)28-2/h3-8,13H,9-12,14H2,1-2H3,(H,23,26). The van der Waals surface area contributed by atoms with Crippen LogP contribution in [0.15, 0.2) is 47.6 Å². The number of halogens is 1. The molecule has 0 spiro atoms. The van der Waals surface area contributed by atoms with Gasteiger partial charge in [-0.3, -0.25) is 4.79 Å². The third-order valence-electron chi connectivity index (χ3n) is 4.44. The summed E-state index contributed by atoms with van der Waals surface area (Å²) in [5.41, 5.74) is 2.86. The number of imidazole rings is 1. The van der Waals surface area contributed by atoms with E-state index in [-0.39, 0.29) is 11.7 Å². The lowest BCUT2D eigenvalue weighted by atomic mass is 10.1. The number of benzene rings is 2. The second-order valence-corrected chi connectivity index (χ2v) is 7.75. The van der Waals surface area contributed by atoms with Crippen LogP contribution in [0.3, 0.4) is 0 Å². The molecule has 29 heavy (non-hydrogen) atoms. The molecule has 3 rings (SSSR count). The van der Waals surface area contributed by atoms with Crippen molar-refractivity contribution in [3.05, 3.63) is 53.1 Å². The normalized spacial score (nSPS) is 11.0. The molecule has 2 aromatic carbocycles. The quantitative estimate of drug-likeness (QED) is 0.493. The predicted molar refractivity (Wildman–Crippen MR) is 117 cm³/mol. The van der Waals surface area contributed by atoms with Gasteiger partial charge >= 0.3 is 0 Å². The first-order valence-electron chi connectivity index (χ1n) is 9.28. The van der Waals surface area contributed by atoms with Gasteiger partial charge in [0.05, 0.1) is 30.5 Å². The van der Waals surface area contributed by atoms with E-state index in [1.807, 2.05) is 42.5 Å². The topological polar surface area (TPSA) is 65.4 Å². The van der Waals surface area contributed by atoms with Crippen LogP contribution in [-0.4, -0.2) is 48.6 Å². The molecule has 1 N–H and O–H groups in total. The molecule has 154 valence electrons. The summed E-state index contributed by atoms with van der Waals surface area (Å²) in [7, 11) is 3.31. The van der Waals surface area contributed by atoms with E-state index in [0.29, 0.717) is 31.1 Å². The number of thioether (sulfide) groups is 1.